The molecule has 0 saturated heterocycles. The first-order valence-electron chi connectivity index (χ1n) is 5.34. The molecule has 0 aliphatic carbocycles. The molecule has 0 aromatic heterocycles. The molecule has 1 aromatic rings. The number of benzene rings is 1. The van der Waals surface area contributed by atoms with Gasteiger partial charge in [0, 0.05) is 12.5 Å². The van der Waals surface area contributed by atoms with Crippen molar-refractivity contribution < 1.29 is 28.9 Å². The van der Waals surface area contributed by atoms with Crippen LogP contribution < -0.4 is 14.2 Å². The molecule has 0 saturated carbocycles. The highest BCUT2D eigenvalue weighted by atomic mass is 16.7. The van der Waals surface area contributed by atoms with Crippen LogP contribution in [0.1, 0.15) is 23.2 Å². The van der Waals surface area contributed by atoms with E-state index in [-0.39, 0.29) is 25.4 Å². The Morgan fingerprint density at radius 2 is 1.94 bits per heavy atom. The molecule has 0 atom stereocenters. The summed E-state index contributed by atoms with van der Waals surface area (Å²) < 4.78 is 15.4. The largest absolute Gasteiger partial charge is 0.496 e. The first-order chi connectivity index (χ1) is 8.61. The lowest BCUT2D eigenvalue weighted by atomic mass is 10.0. The van der Waals surface area contributed by atoms with Crippen LogP contribution in [0.2, 0.25) is 0 Å². The molecule has 2 rings (SSSR count). The van der Waals surface area contributed by atoms with Crippen molar-refractivity contribution in [2.75, 3.05) is 13.9 Å². The zero-order chi connectivity index (χ0) is 13.1. The Morgan fingerprint density at radius 3 is 2.56 bits per heavy atom. The van der Waals surface area contributed by atoms with Gasteiger partial charge in [-0.1, -0.05) is 0 Å². The fourth-order valence-corrected chi connectivity index (χ4v) is 1.67. The zero-order valence-corrected chi connectivity index (χ0v) is 9.76. The van der Waals surface area contributed by atoms with E-state index in [1.165, 1.54) is 13.2 Å². The second-order valence-corrected chi connectivity index (χ2v) is 3.72. The highest BCUT2D eigenvalue weighted by Gasteiger charge is 2.21. The van der Waals surface area contributed by atoms with E-state index in [4.69, 9.17) is 19.3 Å². The highest BCUT2D eigenvalue weighted by Crippen LogP contribution is 2.38. The average Bonchev–Trinajstić information content (AvgIpc) is 2.81. The van der Waals surface area contributed by atoms with E-state index in [1.807, 2.05) is 0 Å². The smallest absolute Gasteiger partial charge is 0.303 e. The van der Waals surface area contributed by atoms with Gasteiger partial charge in [-0.25, -0.2) is 0 Å². The number of hydrogen-bond acceptors (Lipinski definition) is 5. The van der Waals surface area contributed by atoms with Gasteiger partial charge in [-0.3, -0.25) is 9.59 Å². The number of aliphatic carboxylic acids is 1. The minimum Gasteiger partial charge on any atom is -0.496 e. The fourth-order valence-electron chi connectivity index (χ4n) is 1.67. The van der Waals surface area contributed by atoms with Crippen LogP contribution in [0.15, 0.2) is 12.1 Å². The third-order valence-electron chi connectivity index (χ3n) is 2.56. The van der Waals surface area contributed by atoms with Crippen LogP contribution >= 0.6 is 0 Å². The maximum Gasteiger partial charge on any atom is 0.303 e. The second kappa shape index (κ2) is 4.95. The van der Waals surface area contributed by atoms with E-state index in [1.54, 1.807) is 6.07 Å². The van der Waals surface area contributed by atoms with E-state index < -0.39 is 5.97 Å². The summed E-state index contributed by atoms with van der Waals surface area (Å²) in [6.45, 7) is 0.102. The van der Waals surface area contributed by atoms with E-state index in [0.717, 1.165) is 0 Å². The predicted molar refractivity (Wildman–Crippen MR) is 60.3 cm³/mol. The van der Waals surface area contributed by atoms with Crippen LogP contribution in [-0.2, 0) is 4.79 Å². The average molecular weight is 252 g/mol. The summed E-state index contributed by atoms with van der Waals surface area (Å²) in [6.07, 6.45) is -0.290. The van der Waals surface area contributed by atoms with Crippen molar-refractivity contribution in [1.29, 1.82) is 0 Å². The van der Waals surface area contributed by atoms with Crippen LogP contribution in [0, 0.1) is 0 Å². The molecule has 0 bridgehead atoms. The first-order valence-corrected chi connectivity index (χ1v) is 5.34. The third kappa shape index (κ3) is 2.37. The quantitative estimate of drug-likeness (QED) is 0.799. The van der Waals surface area contributed by atoms with Gasteiger partial charge in [0.25, 0.3) is 0 Å². The van der Waals surface area contributed by atoms with Crippen molar-refractivity contribution in [3.05, 3.63) is 17.7 Å². The summed E-state index contributed by atoms with van der Waals surface area (Å²) in [7, 11) is 1.44. The molecule has 1 aromatic carbocycles. The lowest BCUT2D eigenvalue weighted by Gasteiger charge is -2.08. The summed E-state index contributed by atoms with van der Waals surface area (Å²) in [5.41, 5.74) is 0.308. The van der Waals surface area contributed by atoms with Crippen molar-refractivity contribution in [3.63, 3.8) is 0 Å². The molecule has 1 heterocycles. The molecule has 0 unspecified atom stereocenters. The van der Waals surface area contributed by atoms with Gasteiger partial charge in [-0.15, -0.1) is 0 Å². The van der Waals surface area contributed by atoms with Crippen LogP contribution in [0.25, 0.3) is 0 Å². The van der Waals surface area contributed by atoms with Gasteiger partial charge in [-0.05, 0) is 6.07 Å². The van der Waals surface area contributed by atoms with Gasteiger partial charge in [0.2, 0.25) is 6.79 Å². The lowest BCUT2D eigenvalue weighted by Crippen LogP contribution is -2.05. The molecule has 96 valence electrons. The number of Topliss-reactive ketones (excluding diaryl/α,β-unsaturated/α-hetero) is 1. The Hall–Kier alpha value is -2.24. The maximum absolute atomic E-state index is 11.9. The number of carbonyl (C=O) groups is 2. The Balaban J connectivity index is 2.26. The van der Waals surface area contributed by atoms with Gasteiger partial charge in [-0.2, -0.15) is 0 Å². The Morgan fingerprint density at radius 1 is 1.28 bits per heavy atom. The number of carboxylic acids is 1. The number of hydrogen-bond donors (Lipinski definition) is 1. The molecule has 0 amide bonds. The van der Waals surface area contributed by atoms with E-state index in [2.05, 4.69) is 0 Å². The van der Waals surface area contributed by atoms with E-state index >= 15 is 0 Å². The van der Waals surface area contributed by atoms with Crippen LogP contribution in [-0.4, -0.2) is 30.8 Å². The fraction of sp³-hybridized carbons (Fsp3) is 0.333. The van der Waals surface area contributed by atoms with Crippen molar-refractivity contribution in [2.45, 2.75) is 12.8 Å². The molecular formula is C12H12O6. The predicted octanol–water partition coefficient (Wildman–Crippen LogP) is 1.47. The standard InChI is InChI=1S/C12H12O6/c1-16-9-5-11-10(17-6-18-11)4-7(9)8(13)2-3-12(14)15/h4-5H,2-3,6H2,1H3,(H,14,15). The molecule has 18 heavy (non-hydrogen) atoms. The monoisotopic (exact) mass is 252 g/mol. The molecule has 0 radical (unpaired) electrons. The Kier molecular flexibility index (Phi) is 3.36. The summed E-state index contributed by atoms with van der Waals surface area (Å²) >= 11 is 0. The van der Waals surface area contributed by atoms with Crippen molar-refractivity contribution in [1.82, 2.24) is 0 Å². The Labute approximate surface area is 103 Å². The minimum absolute atomic E-state index is 0.0780. The third-order valence-corrected chi connectivity index (χ3v) is 2.56. The van der Waals surface area contributed by atoms with Crippen molar-refractivity contribution in [2.24, 2.45) is 0 Å². The van der Waals surface area contributed by atoms with E-state index in [0.29, 0.717) is 22.8 Å². The number of ether oxygens (including phenoxy) is 3. The van der Waals surface area contributed by atoms with Gasteiger partial charge in [0.1, 0.15) is 5.75 Å². The SMILES string of the molecule is COc1cc2c(cc1C(=O)CCC(=O)O)OCO2. The number of rotatable bonds is 5. The van der Waals surface area contributed by atoms with Crippen LogP contribution in [0.4, 0.5) is 0 Å². The van der Waals surface area contributed by atoms with Gasteiger partial charge >= 0.3 is 5.97 Å². The molecule has 6 nitrogen and oxygen atoms in total. The lowest BCUT2D eigenvalue weighted by molar-refractivity contribution is -0.136. The second-order valence-electron chi connectivity index (χ2n) is 3.72. The number of fused-ring (bicyclic) bond motifs is 1. The molecule has 1 N–H and O–H groups in total. The van der Waals surface area contributed by atoms with Crippen LogP contribution in [0.3, 0.4) is 0 Å². The van der Waals surface area contributed by atoms with Gasteiger partial charge in [0.15, 0.2) is 17.3 Å². The number of carboxylic acid groups (broad SMARTS) is 1. The van der Waals surface area contributed by atoms with Gasteiger partial charge < -0.3 is 19.3 Å². The highest BCUT2D eigenvalue weighted by molar-refractivity contribution is 6.00. The number of carbonyl (C=O) groups excluding carboxylic acids is 1. The molecule has 1 aliphatic heterocycles. The molecular weight excluding hydrogens is 240 g/mol. The van der Waals surface area contributed by atoms with Gasteiger partial charge in [0.05, 0.1) is 19.1 Å². The van der Waals surface area contributed by atoms with Crippen LogP contribution in [0.5, 0.6) is 17.2 Å². The topological polar surface area (TPSA) is 82.1 Å². The zero-order valence-electron chi connectivity index (χ0n) is 9.76. The van der Waals surface area contributed by atoms with Crippen molar-refractivity contribution in [3.8, 4) is 17.2 Å². The normalized spacial score (nSPS) is 12.3. The summed E-state index contributed by atoms with van der Waals surface area (Å²) in [5, 5.41) is 8.56. The summed E-state index contributed by atoms with van der Waals surface area (Å²) in [6, 6.07) is 3.09. The maximum atomic E-state index is 11.9. The first kappa shape index (κ1) is 12.2. The number of ketones is 1. The molecule has 6 heteroatoms. The van der Waals surface area contributed by atoms with E-state index in [9.17, 15) is 9.59 Å². The molecule has 0 spiro atoms. The summed E-state index contributed by atoms with van der Waals surface area (Å²) in [4.78, 5) is 22.3. The Bertz CT molecular complexity index is 494. The molecule has 1 aliphatic rings. The molecule has 0 fully saturated rings. The summed E-state index contributed by atoms with van der Waals surface area (Å²) in [5.74, 6) is 0.0290. The number of methoxy groups -OCH3 is 1. The van der Waals surface area contributed by atoms with Crippen molar-refractivity contribution >= 4 is 11.8 Å². The minimum atomic E-state index is -1.01.